The molecule has 0 spiro atoms. The van der Waals surface area contributed by atoms with E-state index < -0.39 is 10.7 Å². The van der Waals surface area contributed by atoms with Crippen molar-refractivity contribution in [1.29, 1.82) is 5.26 Å². The first-order valence-corrected chi connectivity index (χ1v) is 9.05. The van der Waals surface area contributed by atoms with Crippen LogP contribution in [0.15, 0.2) is 57.4 Å². The van der Waals surface area contributed by atoms with E-state index in [0.29, 0.717) is 38.4 Å². The summed E-state index contributed by atoms with van der Waals surface area (Å²) in [5.41, 5.74) is 1.83. The molecule has 0 unspecified atom stereocenters. The summed E-state index contributed by atoms with van der Waals surface area (Å²) in [6.45, 7) is 0. The summed E-state index contributed by atoms with van der Waals surface area (Å²) in [4.78, 5) is 17.6. The molecule has 2 heterocycles. The number of aromatic amines is 1. The maximum atomic E-state index is 13.4. The van der Waals surface area contributed by atoms with E-state index in [-0.39, 0.29) is 11.3 Å². The van der Waals surface area contributed by atoms with E-state index in [4.69, 9.17) is 4.42 Å². The fourth-order valence-electron chi connectivity index (χ4n) is 2.80. The number of nitrogens with zero attached hydrogens (tertiary/aromatic N) is 3. The third kappa shape index (κ3) is 3.66. The van der Waals surface area contributed by atoms with Gasteiger partial charge in [-0.3, -0.25) is 10.1 Å². The van der Waals surface area contributed by atoms with Gasteiger partial charge in [0.2, 0.25) is 0 Å². The molecule has 29 heavy (non-hydrogen) atoms. The van der Waals surface area contributed by atoms with Crippen LogP contribution in [0.5, 0.6) is 0 Å². The van der Waals surface area contributed by atoms with Crippen LogP contribution in [0.2, 0.25) is 0 Å². The average Bonchev–Trinajstić information content (AvgIpc) is 3.32. The number of nitro groups is 1. The van der Waals surface area contributed by atoms with Crippen molar-refractivity contribution in [1.82, 2.24) is 9.97 Å². The smallest absolute Gasteiger partial charge is 0.270 e. The van der Waals surface area contributed by atoms with Crippen molar-refractivity contribution in [3.8, 4) is 17.4 Å². The Morgan fingerprint density at radius 2 is 2.10 bits per heavy atom. The van der Waals surface area contributed by atoms with Gasteiger partial charge in [-0.1, -0.05) is 0 Å². The molecule has 0 fully saturated rings. The monoisotopic (exact) mass is 452 g/mol. The van der Waals surface area contributed by atoms with Crippen molar-refractivity contribution >= 4 is 44.3 Å². The first-order chi connectivity index (χ1) is 13.9. The van der Waals surface area contributed by atoms with Gasteiger partial charge in [0.1, 0.15) is 29.2 Å². The van der Waals surface area contributed by atoms with E-state index in [1.54, 1.807) is 18.2 Å². The first kappa shape index (κ1) is 18.6. The van der Waals surface area contributed by atoms with E-state index in [2.05, 4.69) is 32.0 Å². The molecule has 0 amide bonds. The molecule has 0 bridgehead atoms. The molecule has 4 aromatic rings. The Hall–Kier alpha value is -3.77. The highest BCUT2D eigenvalue weighted by molar-refractivity contribution is 9.10. The number of furan rings is 1. The van der Waals surface area contributed by atoms with E-state index >= 15 is 0 Å². The van der Waals surface area contributed by atoms with Crippen molar-refractivity contribution < 1.29 is 13.7 Å². The fourth-order valence-corrected chi connectivity index (χ4v) is 3.36. The molecule has 2 aromatic carbocycles. The summed E-state index contributed by atoms with van der Waals surface area (Å²) in [5, 5.41) is 20.4. The number of hydrogen-bond acceptors (Lipinski definition) is 5. The number of hydrogen-bond donors (Lipinski definition) is 1. The van der Waals surface area contributed by atoms with Gasteiger partial charge in [0.15, 0.2) is 0 Å². The zero-order valence-electron chi connectivity index (χ0n) is 14.5. The highest BCUT2D eigenvalue weighted by Crippen LogP contribution is 2.33. The molecule has 142 valence electrons. The summed E-state index contributed by atoms with van der Waals surface area (Å²) in [5.74, 6) is 0.762. The van der Waals surface area contributed by atoms with Crippen molar-refractivity contribution in [3.63, 3.8) is 0 Å². The van der Waals surface area contributed by atoms with Crippen molar-refractivity contribution in [3.05, 3.63) is 80.5 Å². The van der Waals surface area contributed by atoms with Crippen molar-refractivity contribution in [2.45, 2.75) is 0 Å². The van der Waals surface area contributed by atoms with Crippen LogP contribution < -0.4 is 0 Å². The Morgan fingerprint density at radius 1 is 1.28 bits per heavy atom. The van der Waals surface area contributed by atoms with Crippen LogP contribution >= 0.6 is 15.9 Å². The number of nitro benzene ring substituents is 1. The first-order valence-electron chi connectivity index (χ1n) is 8.26. The fraction of sp³-hybridized carbons (Fsp3) is 0. The number of nitrogens with one attached hydrogen (secondary N) is 1. The summed E-state index contributed by atoms with van der Waals surface area (Å²) >= 11 is 3.31. The summed E-state index contributed by atoms with van der Waals surface area (Å²) < 4.78 is 19.6. The van der Waals surface area contributed by atoms with E-state index in [9.17, 15) is 19.8 Å². The van der Waals surface area contributed by atoms with Gasteiger partial charge in [0, 0.05) is 28.2 Å². The third-order valence-corrected chi connectivity index (χ3v) is 4.82. The lowest BCUT2D eigenvalue weighted by molar-refractivity contribution is -0.384. The van der Waals surface area contributed by atoms with Gasteiger partial charge in [0.05, 0.1) is 21.5 Å². The minimum absolute atomic E-state index is 0.0413. The minimum Gasteiger partial charge on any atom is -0.457 e. The van der Waals surface area contributed by atoms with Gasteiger partial charge >= 0.3 is 0 Å². The second kappa shape index (κ2) is 7.33. The number of imidazole rings is 1. The Labute approximate surface area is 171 Å². The van der Waals surface area contributed by atoms with Crippen molar-refractivity contribution in [2.24, 2.45) is 0 Å². The Kier molecular flexibility index (Phi) is 4.70. The number of nitriles is 1. The van der Waals surface area contributed by atoms with E-state index in [1.165, 1.54) is 36.4 Å². The SMILES string of the molecule is N#C/C(=C\c1ccc(-c2ccc([N+](=O)[O-])cc2Br)o1)c1nc2ccc(F)cc2[nH]1. The number of rotatable bonds is 4. The van der Waals surface area contributed by atoms with Crippen LogP contribution in [0.25, 0.3) is 34.0 Å². The maximum Gasteiger partial charge on any atom is 0.270 e. The number of aromatic nitrogens is 2. The number of allylic oxidation sites excluding steroid dienone is 1. The van der Waals surface area contributed by atoms with Crippen LogP contribution in [0.1, 0.15) is 11.6 Å². The number of non-ortho nitro benzene ring substituents is 1. The maximum absolute atomic E-state index is 13.4. The quantitative estimate of drug-likeness (QED) is 0.242. The largest absolute Gasteiger partial charge is 0.457 e. The van der Waals surface area contributed by atoms with E-state index in [1.807, 2.05) is 0 Å². The molecule has 0 saturated heterocycles. The molecule has 1 N–H and O–H groups in total. The van der Waals surface area contributed by atoms with Gasteiger partial charge in [-0.25, -0.2) is 9.37 Å². The number of halogens is 2. The molecular weight excluding hydrogens is 443 g/mol. The predicted octanol–water partition coefficient (Wildman–Crippen LogP) is 5.70. The highest BCUT2D eigenvalue weighted by Gasteiger charge is 2.14. The zero-order valence-corrected chi connectivity index (χ0v) is 16.1. The summed E-state index contributed by atoms with van der Waals surface area (Å²) in [6, 6.07) is 13.9. The Balaban J connectivity index is 1.68. The van der Waals surface area contributed by atoms with Gasteiger partial charge < -0.3 is 9.40 Å². The highest BCUT2D eigenvalue weighted by atomic mass is 79.9. The van der Waals surface area contributed by atoms with Gasteiger partial charge in [-0.2, -0.15) is 5.26 Å². The molecule has 0 aliphatic heterocycles. The second-order valence-electron chi connectivity index (χ2n) is 6.04. The average molecular weight is 453 g/mol. The van der Waals surface area contributed by atoms with Crippen molar-refractivity contribution in [2.75, 3.05) is 0 Å². The molecule has 0 saturated carbocycles. The molecule has 7 nitrogen and oxygen atoms in total. The van der Waals surface area contributed by atoms with Gasteiger partial charge in [-0.15, -0.1) is 0 Å². The van der Waals surface area contributed by atoms with Crippen LogP contribution in [0.3, 0.4) is 0 Å². The minimum atomic E-state index is -0.483. The van der Waals surface area contributed by atoms with Crippen LogP contribution in [0, 0.1) is 27.3 Å². The molecule has 0 aliphatic carbocycles. The molecule has 0 radical (unpaired) electrons. The van der Waals surface area contributed by atoms with Crippen LogP contribution in [-0.4, -0.2) is 14.9 Å². The molecule has 4 rings (SSSR count). The number of H-pyrrole nitrogens is 1. The molecule has 0 atom stereocenters. The van der Waals surface area contributed by atoms with E-state index in [0.717, 1.165) is 0 Å². The topological polar surface area (TPSA) is 109 Å². The molecule has 2 aromatic heterocycles. The normalized spacial score (nSPS) is 11.6. The van der Waals surface area contributed by atoms with Crippen LogP contribution in [-0.2, 0) is 0 Å². The number of benzene rings is 2. The summed E-state index contributed by atoms with van der Waals surface area (Å²) in [7, 11) is 0. The standard InChI is InChI=1S/C20H10BrFN4O3/c21-16-9-13(26(27)28)2-4-15(16)19-6-3-14(29-19)7-11(10-23)20-24-17-5-1-12(22)8-18(17)25-20/h1-9H,(H,24,25)/b11-7+. The number of fused-ring (bicyclic) bond motifs is 1. The van der Waals surface area contributed by atoms with Crippen LogP contribution in [0.4, 0.5) is 10.1 Å². The molecule has 0 aliphatic rings. The predicted molar refractivity (Wildman–Crippen MR) is 108 cm³/mol. The van der Waals surface area contributed by atoms with Gasteiger partial charge in [-0.05, 0) is 52.3 Å². The lowest BCUT2D eigenvalue weighted by atomic mass is 10.1. The second-order valence-corrected chi connectivity index (χ2v) is 6.89. The third-order valence-electron chi connectivity index (χ3n) is 4.16. The molecular formula is C20H10BrFN4O3. The lowest BCUT2D eigenvalue weighted by Gasteiger charge is -2.01. The Bertz CT molecular complexity index is 1330. The van der Waals surface area contributed by atoms with Gasteiger partial charge in [0.25, 0.3) is 5.69 Å². The lowest BCUT2D eigenvalue weighted by Crippen LogP contribution is -1.88. The molecule has 9 heteroatoms. The zero-order chi connectivity index (χ0) is 20.5. The summed E-state index contributed by atoms with van der Waals surface area (Å²) in [6.07, 6.45) is 1.51. The Morgan fingerprint density at radius 3 is 2.83 bits per heavy atom.